The second kappa shape index (κ2) is 4.19. The lowest BCUT2D eigenvalue weighted by Crippen LogP contribution is -2.51. The summed E-state index contributed by atoms with van der Waals surface area (Å²) in [6.07, 6.45) is -1.54. The van der Waals surface area contributed by atoms with Crippen LogP contribution in [0.5, 0.6) is 0 Å². The van der Waals surface area contributed by atoms with Gasteiger partial charge in [-0.05, 0) is 11.6 Å². The van der Waals surface area contributed by atoms with Gasteiger partial charge in [-0.3, -0.25) is 4.79 Å². The minimum Gasteiger partial charge on any atom is -0.380 e. The highest BCUT2D eigenvalue weighted by Gasteiger charge is 2.48. The second-order valence-corrected chi connectivity index (χ2v) is 4.57. The molecule has 2 aromatic carbocycles. The molecule has 1 aliphatic heterocycles. The number of benzene rings is 2. The molecule has 4 nitrogen and oxygen atoms in total. The number of fused-ring (bicyclic) bond motifs is 1. The first-order chi connectivity index (χ1) is 9.14. The maximum atomic E-state index is 11.8. The number of hydrogen-bond acceptors (Lipinski definition) is 3. The highest BCUT2D eigenvalue weighted by molar-refractivity contribution is 5.99. The van der Waals surface area contributed by atoms with Gasteiger partial charge in [0.2, 0.25) is 0 Å². The molecule has 4 heteroatoms. The summed E-state index contributed by atoms with van der Waals surface area (Å²) in [5.74, 6) is -0.606. The first-order valence-electron chi connectivity index (χ1n) is 6.00. The van der Waals surface area contributed by atoms with Crippen molar-refractivity contribution in [2.75, 3.05) is 5.32 Å². The van der Waals surface area contributed by atoms with E-state index in [-0.39, 0.29) is 0 Å². The fraction of sp³-hybridized carbons (Fsp3) is 0.133. The van der Waals surface area contributed by atoms with Crippen LogP contribution in [0.4, 0.5) is 5.69 Å². The number of carbonyl (C=O) groups is 1. The van der Waals surface area contributed by atoms with Crippen LogP contribution in [0, 0.1) is 0 Å². The van der Waals surface area contributed by atoms with E-state index in [4.69, 9.17) is 0 Å². The fourth-order valence-electron chi connectivity index (χ4n) is 2.47. The summed E-state index contributed by atoms with van der Waals surface area (Å²) in [6.45, 7) is 0. The smallest absolute Gasteiger partial charge is 0.256 e. The van der Waals surface area contributed by atoms with Gasteiger partial charge in [-0.15, -0.1) is 0 Å². The van der Waals surface area contributed by atoms with Crippen molar-refractivity contribution in [1.82, 2.24) is 0 Å². The third kappa shape index (κ3) is 1.65. The van der Waals surface area contributed by atoms with Gasteiger partial charge in [0, 0.05) is 11.3 Å². The standard InChI is InChI=1S/C15H13NO3/c17-13-14(18)16-12-9-5-4-8-11(12)15(13,19)10-6-2-1-3-7-10/h1-9,13,17,19H,(H,16,18)/t13-,15+/m1/s1. The van der Waals surface area contributed by atoms with Crippen molar-refractivity contribution >= 4 is 11.6 Å². The van der Waals surface area contributed by atoms with Crippen LogP contribution in [-0.2, 0) is 10.4 Å². The number of carbonyl (C=O) groups excluding carboxylic acids is 1. The summed E-state index contributed by atoms with van der Waals surface area (Å²) in [5, 5.41) is 23.6. The molecular formula is C15H13NO3. The van der Waals surface area contributed by atoms with Crippen molar-refractivity contribution in [2.24, 2.45) is 0 Å². The van der Waals surface area contributed by atoms with Gasteiger partial charge in [0.05, 0.1) is 0 Å². The van der Waals surface area contributed by atoms with Crippen LogP contribution in [0.25, 0.3) is 0 Å². The van der Waals surface area contributed by atoms with Gasteiger partial charge in [-0.1, -0.05) is 48.5 Å². The van der Waals surface area contributed by atoms with Gasteiger partial charge in [-0.25, -0.2) is 0 Å². The van der Waals surface area contributed by atoms with Crippen LogP contribution in [0.15, 0.2) is 54.6 Å². The predicted octanol–water partition coefficient (Wildman–Crippen LogP) is 1.24. The molecule has 3 rings (SSSR count). The summed E-state index contributed by atoms with van der Waals surface area (Å²) >= 11 is 0. The Labute approximate surface area is 110 Å². The Balaban J connectivity index is 2.26. The van der Waals surface area contributed by atoms with Gasteiger partial charge in [0.15, 0.2) is 11.7 Å². The third-order valence-electron chi connectivity index (χ3n) is 3.45. The van der Waals surface area contributed by atoms with E-state index in [0.29, 0.717) is 16.8 Å². The number of hydrogen-bond donors (Lipinski definition) is 3. The maximum Gasteiger partial charge on any atom is 0.256 e. The van der Waals surface area contributed by atoms with Crippen molar-refractivity contribution in [2.45, 2.75) is 11.7 Å². The van der Waals surface area contributed by atoms with E-state index < -0.39 is 17.6 Å². The van der Waals surface area contributed by atoms with Crippen molar-refractivity contribution in [3.8, 4) is 0 Å². The summed E-state index contributed by atoms with van der Waals surface area (Å²) in [7, 11) is 0. The van der Waals surface area contributed by atoms with Crippen LogP contribution >= 0.6 is 0 Å². The zero-order chi connectivity index (χ0) is 13.5. The Morgan fingerprint density at radius 2 is 1.63 bits per heavy atom. The molecule has 1 heterocycles. The Morgan fingerprint density at radius 3 is 2.37 bits per heavy atom. The molecular weight excluding hydrogens is 242 g/mol. The van der Waals surface area contributed by atoms with Crippen LogP contribution in [0.3, 0.4) is 0 Å². The molecule has 0 aromatic heterocycles. The lowest BCUT2D eigenvalue weighted by Gasteiger charge is -2.38. The van der Waals surface area contributed by atoms with E-state index in [1.165, 1.54) is 0 Å². The number of aliphatic hydroxyl groups is 2. The topological polar surface area (TPSA) is 69.6 Å². The normalized spacial score (nSPS) is 25.6. The molecule has 0 saturated heterocycles. The van der Waals surface area contributed by atoms with Gasteiger partial charge in [-0.2, -0.15) is 0 Å². The van der Waals surface area contributed by atoms with Crippen molar-refractivity contribution in [3.05, 3.63) is 65.7 Å². The van der Waals surface area contributed by atoms with Gasteiger partial charge in [0.25, 0.3) is 5.91 Å². The summed E-state index contributed by atoms with van der Waals surface area (Å²) in [5.41, 5.74) is -0.220. The second-order valence-electron chi connectivity index (χ2n) is 4.57. The van der Waals surface area contributed by atoms with Crippen LogP contribution in [0.1, 0.15) is 11.1 Å². The minimum atomic E-state index is -1.72. The largest absolute Gasteiger partial charge is 0.380 e. The van der Waals surface area contributed by atoms with Crippen LogP contribution in [0.2, 0.25) is 0 Å². The molecule has 0 bridgehead atoms. The molecule has 2 aromatic rings. The van der Waals surface area contributed by atoms with Gasteiger partial charge >= 0.3 is 0 Å². The Kier molecular flexibility index (Phi) is 2.62. The quantitative estimate of drug-likeness (QED) is 0.718. The number of anilines is 1. The number of rotatable bonds is 1. The van der Waals surface area contributed by atoms with E-state index in [9.17, 15) is 15.0 Å². The molecule has 0 saturated carbocycles. The molecule has 96 valence electrons. The van der Waals surface area contributed by atoms with Gasteiger partial charge in [0.1, 0.15) is 0 Å². The summed E-state index contributed by atoms with van der Waals surface area (Å²) in [4.78, 5) is 11.8. The van der Waals surface area contributed by atoms with E-state index in [1.807, 2.05) is 6.07 Å². The minimum absolute atomic E-state index is 0.491. The van der Waals surface area contributed by atoms with Crippen LogP contribution < -0.4 is 5.32 Å². The highest BCUT2D eigenvalue weighted by atomic mass is 16.4. The van der Waals surface area contributed by atoms with E-state index in [2.05, 4.69) is 5.32 Å². The Morgan fingerprint density at radius 1 is 1.00 bits per heavy atom. The number of aliphatic hydroxyl groups excluding tert-OH is 1. The summed E-state index contributed by atoms with van der Waals surface area (Å²) in [6, 6.07) is 15.6. The molecule has 3 N–H and O–H groups in total. The molecule has 0 fully saturated rings. The highest BCUT2D eigenvalue weighted by Crippen LogP contribution is 2.40. The molecule has 1 aliphatic rings. The van der Waals surface area contributed by atoms with E-state index >= 15 is 0 Å². The molecule has 0 radical (unpaired) electrons. The SMILES string of the molecule is O=C1Nc2ccccc2[C@@](O)(c2ccccc2)[C@@H]1O. The monoisotopic (exact) mass is 255 g/mol. The van der Waals surface area contributed by atoms with Crippen LogP contribution in [-0.4, -0.2) is 22.2 Å². The Bertz CT molecular complexity index is 626. The first-order valence-corrected chi connectivity index (χ1v) is 6.00. The molecule has 0 unspecified atom stereocenters. The van der Waals surface area contributed by atoms with Crippen molar-refractivity contribution < 1.29 is 15.0 Å². The summed E-state index contributed by atoms with van der Waals surface area (Å²) < 4.78 is 0. The lowest BCUT2D eigenvalue weighted by molar-refractivity contribution is -0.138. The molecule has 2 atom stereocenters. The fourth-order valence-corrected chi connectivity index (χ4v) is 2.47. The average Bonchev–Trinajstić information content (AvgIpc) is 2.46. The van der Waals surface area contributed by atoms with Crippen molar-refractivity contribution in [1.29, 1.82) is 0 Å². The zero-order valence-corrected chi connectivity index (χ0v) is 10.1. The van der Waals surface area contributed by atoms with E-state index in [0.717, 1.165) is 0 Å². The Hall–Kier alpha value is -2.17. The first kappa shape index (κ1) is 11.9. The zero-order valence-electron chi connectivity index (χ0n) is 10.1. The number of para-hydroxylation sites is 1. The van der Waals surface area contributed by atoms with E-state index in [1.54, 1.807) is 48.5 Å². The van der Waals surface area contributed by atoms with Gasteiger partial charge < -0.3 is 15.5 Å². The molecule has 0 aliphatic carbocycles. The van der Waals surface area contributed by atoms with Crippen molar-refractivity contribution in [3.63, 3.8) is 0 Å². The average molecular weight is 255 g/mol. The lowest BCUT2D eigenvalue weighted by atomic mass is 9.78. The molecule has 19 heavy (non-hydrogen) atoms. The number of amides is 1. The molecule has 0 spiro atoms. The predicted molar refractivity (Wildman–Crippen MR) is 70.5 cm³/mol. The maximum absolute atomic E-state index is 11.8. The molecule has 1 amide bonds. The third-order valence-corrected chi connectivity index (χ3v) is 3.45. The number of nitrogens with one attached hydrogen (secondary N) is 1.